The first-order chi connectivity index (χ1) is 5.35. The summed E-state index contributed by atoms with van der Waals surface area (Å²) >= 11 is -0.750. The van der Waals surface area contributed by atoms with Gasteiger partial charge in [-0.1, -0.05) is 18.2 Å². The zero-order chi connectivity index (χ0) is 8.27. The average molecular weight is 168 g/mol. The molecule has 0 aromatic carbocycles. The highest BCUT2D eigenvalue weighted by atomic mass is 32.1. The highest BCUT2D eigenvalue weighted by Crippen LogP contribution is 2.40. The third-order valence-corrected chi connectivity index (χ3v) is 1.45. The van der Waals surface area contributed by atoms with Crippen molar-refractivity contribution in [2.75, 3.05) is 0 Å². The van der Waals surface area contributed by atoms with Gasteiger partial charge in [0.15, 0.2) is 6.29 Å². The summed E-state index contributed by atoms with van der Waals surface area (Å²) in [5, 5.41) is 0. The van der Waals surface area contributed by atoms with Crippen molar-refractivity contribution in [2.45, 2.75) is 0 Å². The summed E-state index contributed by atoms with van der Waals surface area (Å²) in [6.45, 7) is 0. The summed E-state index contributed by atoms with van der Waals surface area (Å²) in [4.78, 5) is 10.0. The molecule has 4 heteroatoms. The molecule has 0 unspecified atom stereocenters. The van der Waals surface area contributed by atoms with Gasteiger partial charge in [-0.25, -0.2) is 0 Å². The van der Waals surface area contributed by atoms with Crippen LogP contribution in [0.25, 0.3) is 11.1 Å². The number of hydrogen-bond donors (Lipinski definition) is 0. The predicted octanol–water partition coefficient (Wildman–Crippen LogP) is 0.809. The normalized spacial score (nSPS) is 9.09. The molecule has 0 atom stereocenters. The topological polar surface area (TPSA) is 51.2 Å². The molecule has 0 heterocycles. The van der Waals surface area contributed by atoms with Crippen LogP contribution < -0.4 is 0 Å². The molecular formula is C7H4O3S. The van der Waals surface area contributed by atoms with Crippen LogP contribution in [0.5, 0.6) is 0 Å². The van der Waals surface area contributed by atoms with Crippen molar-refractivity contribution in [3.8, 4) is 11.1 Å². The Balaban J connectivity index is 0.000000179. The lowest BCUT2D eigenvalue weighted by Crippen LogP contribution is -1.54. The Morgan fingerprint density at radius 1 is 1.18 bits per heavy atom. The van der Waals surface area contributed by atoms with Crippen molar-refractivity contribution in [3.05, 3.63) is 23.8 Å². The standard InChI is InChI=1S/C7H4O.O2S/c8-4-7-5-2-1-3-6(5)7;1-3-2/h1-4H;. The van der Waals surface area contributed by atoms with Crippen LogP contribution in [0.1, 0.15) is 10.4 Å². The van der Waals surface area contributed by atoms with E-state index in [1.165, 1.54) is 0 Å². The van der Waals surface area contributed by atoms with Crippen molar-refractivity contribution >= 4 is 17.9 Å². The van der Waals surface area contributed by atoms with E-state index >= 15 is 0 Å². The van der Waals surface area contributed by atoms with Crippen LogP contribution >= 0.6 is 0 Å². The van der Waals surface area contributed by atoms with Gasteiger partial charge in [-0.05, 0) is 11.1 Å². The molecular weight excluding hydrogens is 164 g/mol. The second-order valence-electron chi connectivity index (χ2n) is 1.95. The van der Waals surface area contributed by atoms with E-state index in [0.29, 0.717) is 0 Å². The number of aldehydes is 1. The lowest BCUT2D eigenvalue weighted by atomic mass is 10.5. The van der Waals surface area contributed by atoms with Gasteiger partial charge >= 0.3 is 11.6 Å². The van der Waals surface area contributed by atoms with E-state index in [4.69, 9.17) is 8.42 Å². The highest BCUT2D eigenvalue weighted by Gasteiger charge is 2.21. The molecule has 0 saturated heterocycles. The largest absolute Gasteiger partial charge is 0.335 e. The van der Waals surface area contributed by atoms with Crippen LogP contribution in [-0.4, -0.2) is 14.7 Å². The van der Waals surface area contributed by atoms with Crippen molar-refractivity contribution in [3.63, 3.8) is 0 Å². The number of benzene rings is 1. The Morgan fingerprint density at radius 2 is 1.64 bits per heavy atom. The maximum absolute atomic E-state index is 10.0. The van der Waals surface area contributed by atoms with Crippen molar-refractivity contribution in [1.29, 1.82) is 0 Å². The minimum atomic E-state index is -0.750. The minimum absolute atomic E-state index is 0.750. The molecule has 0 fully saturated rings. The quantitative estimate of drug-likeness (QED) is 0.592. The number of carbonyl (C=O) groups is 1. The molecule has 0 aromatic heterocycles. The highest BCUT2D eigenvalue weighted by molar-refractivity contribution is 7.51. The number of fused-ring (bicyclic) bond motifs is 1. The van der Waals surface area contributed by atoms with E-state index in [1.807, 2.05) is 18.2 Å². The van der Waals surface area contributed by atoms with E-state index < -0.39 is 11.6 Å². The molecule has 3 nitrogen and oxygen atoms in total. The fourth-order valence-electron chi connectivity index (χ4n) is 0.960. The van der Waals surface area contributed by atoms with Crippen molar-refractivity contribution in [2.24, 2.45) is 0 Å². The number of carbonyl (C=O) groups excluding carboxylic acids is 1. The molecule has 56 valence electrons. The van der Waals surface area contributed by atoms with Crippen LogP contribution in [0, 0.1) is 0 Å². The van der Waals surface area contributed by atoms with Gasteiger partial charge in [-0.2, -0.15) is 8.42 Å². The Kier molecular flexibility index (Phi) is 2.28. The molecule has 0 aromatic rings. The first-order valence-corrected chi connectivity index (χ1v) is 3.52. The van der Waals surface area contributed by atoms with Crippen LogP contribution in [0.2, 0.25) is 0 Å². The first-order valence-electron chi connectivity index (χ1n) is 2.85. The van der Waals surface area contributed by atoms with Gasteiger partial charge in [0, 0.05) is 5.56 Å². The van der Waals surface area contributed by atoms with Gasteiger partial charge in [-0.3, -0.25) is 4.79 Å². The van der Waals surface area contributed by atoms with Crippen LogP contribution in [0.3, 0.4) is 0 Å². The van der Waals surface area contributed by atoms with Crippen LogP contribution in [0.15, 0.2) is 18.2 Å². The van der Waals surface area contributed by atoms with E-state index in [-0.39, 0.29) is 0 Å². The fourth-order valence-corrected chi connectivity index (χ4v) is 0.960. The third-order valence-electron chi connectivity index (χ3n) is 1.45. The Morgan fingerprint density at radius 3 is 1.91 bits per heavy atom. The fraction of sp³-hybridized carbons (Fsp3) is 0. The zero-order valence-corrected chi connectivity index (χ0v) is 6.26. The number of rotatable bonds is 1. The summed E-state index contributed by atoms with van der Waals surface area (Å²) in [6.07, 6.45) is 0.907. The smallest absolute Gasteiger partial charge is 0.298 e. The molecule has 0 N–H and O–H groups in total. The van der Waals surface area contributed by atoms with Crippen LogP contribution in [0.4, 0.5) is 0 Å². The molecule has 2 rings (SSSR count). The van der Waals surface area contributed by atoms with E-state index in [9.17, 15) is 4.79 Å². The summed E-state index contributed by atoms with van der Waals surface area (Å²) in [7, 11) is 0. The summed E-state index contributed by atoms with van der Waals surface area (Å²) < 4.78 is 16.6. The predicted molar refractivity (Wildman–Crippen MR) is 39.7 cm³/mol. The molecule has 0 saturated carbocycles. The summed E-state index contributed by atoms with van der Waals surface area (Å²) in [5.41, 5.74) is 3.17. The van der Waals surface area contributed by atoms with E-state index in [1.54, 1.807) is 0 Å². The van der Waals surface area contributed by atoms with Gasteiger partial charge in [-0.15, -0.1) is 0 Å². The second-order valence-corrected chi connectivity index (χ2v) is 2.09. The van der Waals surface area contributed by atoms with Gasteiger partial charge < -0.3 is 0 Å². The Bertz CT molecular complexity index is 306. The first kappa shape index (κ1) is 7.81. The SMILES string of the molecule is O=Cc1c2cccc1-2.O=S=O. The Hall–Kier alpha value is -1.29. The van der Waals surface area contributed by atoms with Crippen molar-refractivity contribution in [1.82, 2.24) is 0 Å². The molecule has 0 aliphatic heterocycles. The molecule has 0 bridgehead atoms. The molecule has 2 aliphatic carbocycles. The Labute approximate surface area is 66.6 Å². The summed E-state index contributed by atoms with van der Waals surface area (Å²) in [5.74, 6) is 0. The third kappa shape index (κ3) is 1.40. The van der Waals surface area contributed by atoms with E-state index in [0.717, 1.165) is 23.0 Å². The molecule has 0 radical (unpaired) electrons. The number of hydrogen-bond acceptors (Lipinski definition) is 3. The molecule has 2 aliphatic rings. The maximum atomic E-state index is 10.0. The lowest BCUT2D eigenvalue weighted by Gasteiger charge is -1.58. The van der Waals surface area contributed by atoms with Gasteiger partial charge in [0.05, 0.1) is 0 Å². The monoisotopic (exact) mass is 168 g/mol. The second kappa shape index (κ2) is 3.21. The van der Waals surface area contributed by atoms with Crippen LogP contribution in [-0.2, 0) is 11.6 Å². The lowest BCUT2D eigenvalue weighted by molar-refractivity contribution is 0.112. The van der Waals surface area contributed by atoms with E-state index in [2.05, 4.69) is 0 Å². The van der Waals surface area contributed by atoms with Gasteiger partial charge in [0.2, 0.25) is 0 Å². The average Bonchev–Trinajstić information content (AvgIpc) is 2.43. The molecule has 11 heavy (non-hydrogen) atoms. The van der Waals surface area contributed by atoms with Gasteiger partial charge in [0.25, 0.3) is 0 Å². The zero-order valence-electron chi connectivity index (χ0n) is 5.44. The van der Waals surface area contributed by atoms with Crippen molar-refractivity contribution < 1.29 is 13.2 Å². The van der Waals surface area contributed by atoms with Gasteiger partial charge in [0.1, 0.15) is 0 Å². The molecule has 0 spiro atoms. The summed E-state index contributed by atoms with van der Waals surface area (Å²) in [6, 6.07) is 5.87. The maximum Gasteiger partial charge on any atom is 0.335 e. The minimum Gasteiger partial charge on any atom is -0.298 e. The molecule has 0 amide bonds.